The summed E-state index contributed by atoms with van der Waals surface area (Å²) in [5, 5.41) is 9.96. The van der Waals surface area contributed by atoms with Crippen molar-refractivity contribution < 1.29 is 23.8 Å². The summed E-state index contributed by atoms with van der Waals surface area (Å²) in [5.74, 6) is -1.66. The van der Waals surface area contributed by atoms with Crippen LogP contribution in [0.1, 0.15) is 52.2 Å². The number of ether oxygens (including phenoxy) is 1. The normalized spacial score (nSPS) is 22.2. The van der Waals surface area contributed by atoms with E-state index in [1.807, 2.05) is 12.1 Å². The first-order valence-corrected chi connectivity index (χ1v) is 8.56. The van der Waals surface area contributed by atoms with Crippen LogP contribution in [0.15, 0.2) is 42.5 Å². The van der Waals surface area contributed by atoms with Gasteiger partial charge < -0.3 is 9.84 Å². The van der Waals surface area contributed by atoms with Gasteiger partial charge >= 0.3 is 11.9 Å². The number of esters is 1. The van der Waals surface area contributed by atoms with Gasteiger partial charge in [-0.15, -0.1) is 0 Å². The second-order valence-electron chi connectivity index (χ2n) is 6.85. The van der Waals surface area contributed by atoms with E-state index in [1.54, 1.807) is 31.2 Å². The third-order valence-corrected chi connectivity index (χ3v) is 5.51. The predicted octanol–water partition coefficient (Wildman–Crippen LogP) is 4.21. The minimum absolute atomic E-state index is 0.0421. The zero-order chi connectivity index (χ0) is 18.9. The van der Waals surface area contributed by atoms with E-state index in [-0.39, 0.29) is 11.7 Å². The fraction of sp³-hybridized carbons (Fsp3) is 0.333. The van der Waals surface area contributed by atoms with Crippen LogP contribution >= 0.6 is 0 Å². The fourth-order valence-corrected chi connectivity index (χ4v) is 4.02. The highest BCUT2D eigenvalue weighted by atomic mass is 19.1. The Hall–Kier alpha value is -2.69. The molecule has 1 N–H and O–H groups in total. The second kappa shape index (κ2) is 6.90. The highest BCUT2D eigenvalue weighted by Gasteiger charge is 2.48. The molecule has 1 saturated carbocycles. The molecule has 1 aliphatic carbocycles. The van der Waals surface area contributed by atoms with Crippen molar-refractivity contribution in [2.75, 3.05) is 7.11 Å². The van der Waals surface area contributed by atoms with Crippen LogP contribution in [0.5, 0.6) is 0 Å². The smallest absolute Gasteiger partial charge is 0.337 e. The van der Waals surface area contributed by atoms with Crippen LogP contribution in [0.3, 0.4) is 0 Å². The SMILES string of the molecule is COC(=O)c1ccc([C@H]2CC[C@](C(=O)O)(c3cccc(F)c3C)C2)cc1. The molecule has 0 heterocycles. The Morgan fingerprint density at radius 2 is 1.88 bits per heavy atom. The standard InChI is InChI=1S/C21H21FO4/c1-13-17(4-3-5-18(13)22)21(20(24)25)11-10-16(12-21)14-6-8-15(9-7-14)19(23)26-2/h3-9,16H,10-12H2,1-2H3,(H,24,25)/t16-,21+/m0/s1. The Morgan fingerprint density at radius 1 is 1.19 bits per heavy atom. The van der Waals surface area contributed by atoms with Crippen molar-refractivity contribution in [3.8, 4) is 0 Å². The second-order valence-corrected chi connectivity index (χ2v) is 6.85. The van der Waals surface area contributed by atoms with Gasteiger partial charge in [-0.1, -0.05) is 24.3 Å². The van der Waals surface area contributed by atoms with Gasteiger partial charge in [0, 0.05) is 0 Å². The Kier molecular flexibility index (Phi) is 4.81. The summed E-state index contributed by atoms with van der Waals surface area (Å²) in [6, 6.07) is 11.7. The largest absolute Gasteiger partial charge is 0.481 e. The van der Waals surface area contributed by atoms with Crippen molar-refractivity contribution in [2.24, 2.45) is 0 Å². The van der Waals surface area contributed by atoms with Crippen molar-refractivity contribution in [1.29, 1.82) is 0 Å². The van der Waals surface area contributed by atoms with E-state index in [0.29, 0.717) is 36.0 Å². The lowest BCUT2D eigenvalue weighted by Crippen LogP contribution is -2.34. The van der Waals surface area contributed by atoms with Crippen LogP contribution in [0.2, 0.25) is 0 Å². The summed E-state index contributed by atoms with van der Waals surface area (Å²) >= 11 is 0. The van der Waals surface area contributed by atoms with Crippen molar-refractivity contribution >= 4 is 11.9 Å². The average Bonchev–Trinajstić information content (AvgIpc) is 3.10. The molecule has 1 aliphatic rings. The lowest BCUT2D eigenvalue weighted by molar-refractivity contribution is -0.143. The molecule has 2 aromatic rings. The zero-order valence-corrected chi connectivity index (χ0v) is 14.8. The van der Waals surface area contributed by atoms with Crippen LogP contribution in [-0.4, -0.2) is 24.2 Å². The van der Waals surface area contributed by atoms with E-state index in [9.17, 15) is 19.1 Å². The minimum atomic E-state index is -1.09. The van der Waals surface area contributed by atoms with E-state index < -0.39 is 17.4 Å². The van der Waals surface area contributed by atoms with E-state index in [0.717, 1.165) is 5.56 Å². The molecule has 0 saturated heterocycles. The molecule has 0 unspecified atom stereocenters. The number of benzene rings is 2. The van der Waals surface area contributed by atoms with Gasteiger partial charge in [0.25, 0.3) is 0 Å². The molecular formula is C21H21FO4. The molecule has 0 spiro atoms. The molecule has 0 radical (unpaired) electrons. The van der Waals surface area contributed by atoms with Crippen LogP contribution in [0.4, 0.5) is 4.39 Å². The molecule has 4 nitrogen and oxygen atoms in total. The topological polar surface area (TPSA) is 63.6 Å². The Balaban J connectivity index is 1.92. The van der Waals surface area contributed by atoms with Gasteiger partial charge in [0.05, 0.1) is 18.1 Å². The zero-order valence-electron chi connectivity index (χ0n) is 14.8. The van der Waals surface area contributed by atoms with Gasteiger partial charge in [-0.25, -0.2) is 9.18 Å². The van der Waals surface area contributed by atoms with Crippen LogP contribution < -0.4 is 0 Å². The Labute approximate surface area is 151 Å². The summed E-state index contributed by atoms with van der Waals surface area (Å²) in [6.07, 6.45) is 1.56. The average molecular weight is 356 g/mol. The molecule has 136 valence electrons. The van der Waals surface area contributed by atoms with Crippen LogP contribution in [0, 0.1) is 12.7 Å². The molecule has 0 aliphatic heterocycles. The van der Waals surface area contributed by atoms with E-state index in [2.05, 4.69) is 0 Å². The van der Waals surface area contributed by atoms with Gasteiger partial charge in [-0.2, -0.15) is 0 Å². The van der Waals surface area contributed by atoms with Crippen LogP contribution in [-0.2, 0) is 14.9 Å². The first-order valence-electron chi connectivity index (χ1n) is 8.56. The molecule has 2 aromatic carbocycles. The quantitative estimate of drug-likeness (QED) is 0.834. The number of rotatable bonds is 4. The first-order chi connectivity index (χ1) is 12.4. The van der Waals surface area contributed by atoms with E-state index in [1.165, 1.54) is 13.2 Å². The Bertz CT molecular complexity index is 844. The molecular weight excluding hydrogens is 335 g/mol. The number of aliphatic carboxylic acids is 1. The van der Waals surface area contributed by atoms with Gasteiger partial charge in [-0.05, 0) is 67.0 Å². The summed E-state index contributed by atoms with van der Waals surface area (Å²) in [6.45, 7) is 1.63. The van der Waals surface area contributed by atoms with Crippen molar-refractivity contribution in [1.82, 2.24) is 0 Å². The molecule has 0 amide bonds. The van der Waals surface area contributed by atoms with Crippen molar-refractivity contribution in [3.63, 3.8) is 0 Å². The third-order valence-electron chi connectivity index (χ3n) is 5.51. The fourth-order valence-electron chi connectivity index (χ4n) is 4.02. The van der Waals surface area contributed by atoms with Gasteiger partial charge in [-0.3, -0.25) is 4.79 Å². The summed E-state index contributed by atoms with van der Waals surface area (Å²) in [7, 11) is 1.33. The van der Waals surface area contributed by atoms with Gasteiger partial charge in [0.2, 0.25) is 0 Å². The highest BCUT2D eigenvalue weighted by molar-refractivity contribution is 5.89. The number of carbonyl (C=O) groups excluding carboxylic acids is 1. The molecule has 2 atom stereocenters. The van der Waals surface area contributed by atoms with Gasteiger partial charge in [0.15, 0.2) is 0 Å². The number of hydrogen-bond acceptors (Lipinski definition) is 3. The maximum absolute atomic E-state index is 14.0. The summed E-state index contributed by atoms with van der Waals surface area (Å²) in [4.78, 5) is 23.7. The number of carboxylic acids is 1. The summed E-state index contributed by atoms with van der Waals surface area (Å²) in [5.41, 5.74) is 1.31. The monoisotopic (exact) mass is 356 g/mol. The number of methoxy groups -OCH3 is 1. The summed E-state index contributed by atoms with van der Waals surface area (Å²) < 4.78 is 18.7. The highest BCUT2D eigenvalue weighted by Crippen LogP contribution is 2.49. The lowest BCUT2D eigenvalue weighted by Gasteiger charge is -2.27. The molecule has 3 rings (SSSR count). The van der Waals surface area contributed by atoms with Crippen LogP contribution in [0.25, 0.3) is 0 Å². The number of hydrogen-bond donors (Lipinski definition) is 1. The molecule has 1 fully saturated rings. The molecule has 5 heteroatoms. The Morgan fingerprint density at radius 3 is 2.50 bits per heavy atom. The number of carboxylic acid groups (broad SMARTS) is 1. The molecule has 0 aromatic heterocycles. The van der Waals surface area contributed by atoms with E-state index in [4.69, 9.17) is 4.74 Å². The molecule has 26 heavy (non-hydrogen) atoms. The predicted molar refractivity (Wildman–Crippen MR) is 94.8 cm³/mol. The number of carbonyl (C=O) groups is 2. The van der Waals surface area contributed by atoms with E-state index >= 15 is 0 Å². The maximum atomic E-state index is 14.0. The molecule has 0 bridgehead atoms. The van der Waals surface area contributed by atoms with Gasteiger partial charge in [0.1, 0.15) is 5.82 Å². The number of halogens is 1. The third kappa shape index (κ3) is 2.98. The van der Waals surface area contributed by atoms with Crippen molar-refractivity contribution in [2.45, 2.75) is 37.5 Å². The maximum Gasteiger partial charge on any atom is 0.337 e. The van der Waals surface area contributed by atoms with Crippen molar-refractivity contribution in [3.05, 3.63) is 70.5 Å². The first kappa shape index (κ1) is 18.1. The minimum Gasteiger partial charge on any atom is -0.481 e. The lowest BCUT2D eigenvalue weighted by atomic mass is 9.75.